The molecule has 3 rings (SSSR count). The van der Waals surface area contributed by atoms with Crippen LogP contribution < -0.4 is 5.32 Å². The van der Waals surface area contributed by atoms with Crippen LogP contribution in [0.4, 0.5) is 9.18 Å². The second-order valence-electron chi connectivity index (χ2n) is 6.98. The molecule has 1 heterocycles. The first-order valence-corrected chi connectivity index (χ1v) is 7.83. The fourth-order valence-electron chi connectivity index (χ4n) is 3.07. The zero-order valence-corrected chi connectivity index (χ0v) is 13.2. The van der Waals surface area contributed by atoms with E-state index in [1.165, 1.54) is 12.1 Å². The van der Waals surface area contributed by atoms with E-state index >= 15 is 0 Å². The van der Waals surface area contributed by atoms with Crippen molar-refractivity contribution >= 4 is 6.03 Å². The minimum absolute atomic E-state index is 0.00877. The molecule has 1 aliphatic carbocycles. The van der Waals surface area contributed by atoms with Crippen LogP contribution in [0, 0.1) is 5.82 Å². The standard InChI is InChI=1S/C17H23FN2O2/c1-16(2)12-20(9-10-22-16)15(21)19-11-17(7-8-17)13-3-5-14(18)6-4-13/h3-6H,7-12H2,1-2H3,(H,19,21). The van der Waals surface area contributed by atoms with Crippen LogP contribution in [-0.4, -0.2) is 42.8 Å². The topological polar surface area (TPSA) is 41.6 Å². The summed E-state index contributed by atoms with van der Waals surface area (Å²) in [5.74, 6) is -0.223. The highest BCUT2D eigenvalue weighted by atomic mass is 19.1. The molecule has 0 aromatic heterocycles. The van der Waals surface area contributed by atoms with Crippen LogP contribution in [0.25, 0.3) is 0 Å². The van der Waals surface area contributed by atoms with Gasteiger partial charge in [-0.2, -0.15) is 0 Å². The Hall–Kier alpha value is -1.62. The van der Waals surface area contributed by atoms with Gasteiger partial charge in [0.05, 0.1) is 18.8 Å². The Labute approximate surface area is 130 Å². The smallest absolute Gasteiger partial charge is 0.317 e. The summed E-state index contributed by atoms with van der Waals surface area (Å²) >= 11 is 0. The molecule has 1 saturated heterocycles. The molecule has 1 aliphatic heterocycles. The van der Waals surface area contributed by atoms with E-state index in [0.29, 0.717) is 26.2 Å². The van der Waals surface area contributed by atoms with Crippen molar-refractivity contribution in [2.75, 3.05) is 26.2 Å². The van der Waals surface area contributed by atoms with E-state index in [2.05, 4.69) is 5.32 Å². The van der Waals surface area contributed by atoms with Gasteiger partial charge in [-0.25, -0.2) is 9.18 Å². The Bertz CT molecular complexity index is 552. The lowest BCUT2D eigenvalue weighted by Gasteiger charge is -2.38. The third kappa shape index (κ3) is 3.24. The van der Waals surface area contributed by atoms with Gasteiger partial charge in [-0.05, 0) is 44.4 Å². The van der Waals surface area contributed by atoms with Crippen LogP contribution in [-0.2, 0) is 10.2 Å². The average Bonchev–Trinajstić information content (AvgIpc) is 3.25. The molecule has 4 nitrogen and oxygen atoms in total. The molecular weight excluding hydrogens is 283 g/mol. The maximum atomic E-state index is 13.0. The van der Waals surface area contributed by atoms with Crippen LogP contribution in [0.1, 0.15) is 32.3 Å². The number of benzene rings is 1. The lowest BCUT2D eigenvalue weighted by molar-refractivity contribution is -0.0733. The first-order chi connectivity index (χ1) is 10.4. The van der Waals surface area contributed by atoms with E-state index in [1.807, 2.05) is 30.9 Å². The predicted octanol–water partition coefficient (Wildman–Crippen LogP) is 2.68. The van der Waals surface area contributed by atoms with Crippen molar-refractivity contribution in [3.05, 3.63) is 35.6 Å². The monoisotopic (exact) mass is 306 g/mol. The second kappa shape index (κ2) is 5.54. The summed E-state index contributed by atoms with van der Waals surface area (Å²) in [6.07, 6.45) is 2.07. The zero-order chi connectivity index (χ0) is 15.8. The SMILES string of the molecule is CC1(C)CN(C(=O)NCC2(c3ccc(F)cc3)CC2)CCO1. The molecule has 2 amide bonds. The van der Waals surface area contributed by atoms with Crippen LogP contribution >= 0.6 is 0 Å². The Morgan fingerprint density at radius 3 is 2.59 bits per heavy atom. The minimum atomic E-state index is -0.288. The number of amides is 2. The molecule has 1 aromatic rings. The number of carbonyl (C=O) groups is 1. The van der Waals surface area contributed by atoms with Crippen molar-refractivity contribution in [1.82, 2.24) is 10.2 Å². The number of hydrogen-bond donors (Lipinski definition) is 1. The number of morpholine rings is 1. The van der Waals surface area contributed by atoms with Crippen LogP contribution in [0.3, 0.4) is 0 Å². The molecule has 1 N–H and O–H groups in total. The summed E-state index contributed by atoms with van der Waals surface area (Å²) in [6.45, 7) is 6.39. The molecule has 1 aromatic carbocycles. The van der Waals surface area contributed by atoms with Gasteiger partial charge in [-0.15, -0.1) is 0 Å². The number of halogens is 1. The molecule has 0 spiro atoms. The molecular formula is C17H23FN2O2. The summed E-state index contributed by atoms with van der Waals surface area (Å²) in [5, 5.41) is 3.04. The van der Waals surface area contributed by atoms with E-state index in [1.54, 1.807) is 0 Å². The molecule has 0 atom stereocenters. The third-order valence-corrected chi connectivity index (χ3v) is 4.60. The Morgan fingerprint density at radius 2 is 2.00 bits per heavy atom. The van der Waals surface area contributed by atoms with Crippen LogP contribution in [0.5, 0.6) is 0 Å². The average molecular weight is 306 g/mol. The van der Waals surface area contributed by atoms with Gasteiger partial charge < -0.3 is 15.0 Å². The minimum Gasteiger partial charge on any atom is -0.372 e. The van der Waals surface area contributed by atoms with Gasteiger partial charge in [0.15, 0.2) is 0 Å². The second-order valence-corrected chi connectivity index (χ2v) is 6.98. The van der Waals surface area contributed by atoms with E-state index in [0.717, 1.165) is 18.4 Å². The molecule has 120 valence electrons. The summed E-state index contributed by atoms with van der Waals surface area (Å²) in [4.78, 5) is 14.2. The Balaban J connectivity index is 1.58. The van der Waals surface area contributed by atoms with Gasteiger partial charge in [0.25, 0.3) is 0 Å². The molecule has 0 bridgehead atoms. The predicted molar refractivity (Wildman–Crippen MR) is 82.3 cm³/mol. The molecule has 2 fully saturated rings. The van der Waals surface area contributed by atoms with Gasteiger partial charge in [-0.1, -0.05) is 12.1 Å². The number of rotatable bonds is 3. The van der Waals surface area contributed by atoms with Gasteiger partial charge in [0.1, 0.15) is 5.82 Å². The van der Waals surface area contributed by atoms with Crippen LogP contribution in [0.15, 0.2) is 24.3 Å². The van der Waals surface area contributed by atoms with Gasteiger partial charge in [0, 0.05) is 18.5 Å². The fourth-order valence-corrected chi connectivity index (χ4v) is 3.07. The molecule has 0 unspecified atom stereocenters. The van der Waals surface area contributed by atoms with Crippen molar-refractivity contribution in [3.8, 4) is 0 Å². The van der Waals surface area contributed by atoms with Crippen molar-refractivity contribution in [3.63, 3.8) is 0 Å². The lowest BCUT2D eigenvalue weighted by Crippen LogP contribution is -2.54. The van der Waals surface area contributed by atoms with E-state index in [-0.39, 0.29) is 22.9 Å². The summed E-state index contributed by atoms with van der Waals surface area (Å²) < 4.78 is 18.7. The van der Waals surface area contributed by atoms with Crippen molar-refractivity contribution in [1.29, 1.82) is 0 Å². The van der Waals surface area contributed by atoms with Gasteiger partial charge >= 0.3 is 6.03 Å². The molecule has 5 heteroatoms. The van der Waals surface area contributed by atoms with Crippen LogP contribution in [0.2, 0.25) is 0 Å². The normalized spacial score (nSPS) is 22.2. The summed E-state index contributed by atoms with van der Waals surface area (Å²) in [6, 6.07) is 6.59. The molecule has 2 aliphatic rings. The van der Waals surface area contributed by atoms with Gasteiger partial charge in [0.2, 0.25) is 0 Å². The van der Waals surface area contributed by atoms with E-state index < -0.39 is 0 Å². The Morgan fingerprint density at radius 1 is 1.32 bits per heavy atom. The van der Waals surface area contributed by atoms with Crippen molar-refractivity contribution in [2.45, 2.75) is 37.7 Å². The maximum Gasteiger partial charge on any atom is 0.317 e. The lowest BCUT2D eigenvalue weighted by atomic mass is 9.96. The summed E-state index contributed by atoms with van der Waals surface area (Å²) in [7, 11) is 0. The fraction of sp³-hybridized carbons (Fsp3) is 0.588. The highest BCUT2D eigenvalue weighted by Crippen LogP contribution is 2.47. The largest absolute Gasteiger partial charge is 0.372 e. The number of nitrogens with one attached hydrogen (secondary N) is 1. The summed E-state index contributed by atoms with van der Waals surface area (Å²) in [5.41, 5.74) is 0.811. The zero-order valence-electron chi connectivity index (χ0n) is 13.2. The first-order valence-electron chi connectivity index (χ1n) is 7.83. The van der Waals surface area contributed by atoms with Gasteiger partial charge in [-0.3, -0.25) is 0 Å². The number of nitrogens with zero attached hydrogens (tertiary/aromatic N) is 1. The number of hydrogen-bond acceptors (Lipinski definition) is 2. The molecule has 0 radical (unpaired) electrons. The highest BCUT2D eigenvalue weighted by molar-refractivity contribution is 5.74. The maximum absolute atomic E-state index is 13.0. The number of ether oxygens (including phenoxy) is 1. The van der Waals surface area contributed by atoms with E-state index in [4.69, 9.17) is 4.74 Å². The number of carbonyl (C=O) groups excluding carboxylic acids is 1. The number of urea groups is 1. The molecule has 1 saturated carbocycles. The molecule has 22 heavy (non-hydrogen) atoms. The van der Waals surface area contributed by atoms with Crippen molar-refractivity contribution < 1.29 is 13.9 Å². The quantitative estimate of drug-likeness (QED) is 0.933. The third-order valence-electron chi connectivity index (χ3n) is 4.60. The van der Waals surface area contributed by atoms with Crippen molar-refractivity contribution in [2.24, 2.45) is 0 Å². The first kappa shape index (κ1) is 15.3. The van der Waals surface area contributed by atoms with E-state index in [9.17, 15) is 9.18 Å². The Kier molecular flexibility index (Phi) is 3.85. The highest BCUT2D eigenvalue weighted by Gasteiger charge is 2.44.